The SMILES string of the molecule is CCCCCCCCCCN[C@@H]1CCc2cc(Cl)cc(Cl)c21. The van der Waals surface area contributed by atoms with Gasteiger partial charge in [0.1, 0.15) is 0 Å². The van der Waals surface area contributed by atoms with Crippen molar-refractivity contribution in [2.24, 2.45) is 0 Å². The van der Waals surface area contributed by atoms with E-state index in [2.05, 4.69) is 18.3 Å². The Hall–Kier alpha value is -0.240. The number of fused-ring (bicyclic) bond motifs is 1. The van der Waals surface area contributed by atoms with Crippen LogP contribution in [0.5, 0.6) is 0 Å². The minimum atomic E-state index is 0.421. The maximum absolute atomic E-state index is 6.37. The van der Waals surface area contributed by atoms with Gasteiger partial charge in [-0.3, -0.25) is 0 Å². The van der Waals surface area contributed by atoms with Gasteiger partial charge < -0.3 is 5.32 Å². The van der Waals surface area contributed by atoms with Crippen LogP contribution >= 0.6 is 23.2 Å². The average Bonchev–Trinajstić information content (AvgIpc) is 2.88. The van der Waals surface area contributed by atoms with E-state index in [-0.39, 0.29) is 0 Å². The molecule has 0 saturated heterocycles. The Labute approximate surface area is 145 Å². The third-order valence-corrected chi connectivity index (χ3v) is 5.18. The molecule has 0 spiro atoms. The molecule has 0 unspecified atom stereocenters. The first-order chi connectivity index (χ1) is 10.7. The average molecular weight is 342 g/mol. The zero-order valence-electron chi connectivity index (χ0n) is 13.8. The Kier molecular flexibility index (Phi) is 8.06. The molecule has 1 atom stereocenters. The van der Waals surface area contributed by atoms with Crippen molar-refractivity contribution in [3.05, 3.63) is 33.3 Å². The summed E-state index contributed by atoms with van der Waals surface area (Å²) in [5.74, 6) is 0. The second kappa shape index (κ2) is 9.80. The lowest BCUT2D eigenvalue weighted by molar-refractivity contribution is 0.498. The lowest BCUT2D eigenvalue weighted by Crippen LogP contribution is -2.20. The minimum absolute atomic E-state index is 0.421. The van der Waals surface area contributed by atoms with E-state index in [0.717, 1.165) is 29.4 Å². The predicted molar refractivity (Wildman–Crippen MR) is 98.1 cm³/mol. The number of benzene rings is 1. The predicted octanol–water partition coefficient (Wildman–Crippen LogP) is 6.71. The molecule has 0 heterocycles. The molecule has 0 aliphatic heterocycles. The molecule has 2 rings (SSSR count). The van der Waals surface area contributed by atoms with Crippen LogP contribution in [0.4, 0.5) is 0 Å². The van der Waals surface area contributed by atoms with Gasteiger partial charge in [-0.05, 0) is 49.1 Å². The first kappa shape index (κ1) is 18.1. The van der Waals surface area contributed by atoms with Crippen molar-refractivity contribution >= 4 is 23.2 Å². The summed E-state index contributed by atoms with van der Waals surface area (Å²) in [5, 5.41) is 5.27. The summed E-state index contributed by atoms with van der Waals surface area (Å²) in [6.45, 7) is 3.37. The van der Waals surface area contributed by atoms with Crippen molar-refractivity contribution < 1.29 is 0 Å². The maximum atomic E-state index is 6.37. The highest BCUT2D eigenvalue weighted by Gasteiger charge is 2.24. The molecule has 1 N–H and O–H groups in total. The van der Waals surface area contributed by atoms with Gasteiger partial charge in [0.05, 0.1) is 0 Å². The van der Waals surface area contributed by atoms with E-state index in [4.69, 9.17) is 23.2 Å². The second-order valence-electron chi connectivity index (χ2n) is 6.48. The van der Waals surface area contributed by atoms with Crippen LogP contribution in [0.3, 0.4) is 0 Å². The lowest BCUT2D eigenvalue weighted by Gasteiger charge is -2.15. The normalized spacial score (nSPS) is 17.0. The summed E-state index contributed by atoms with van der Waals surface area (Å²) in [6.07, 6.45) is 13.2. The van der Waals surface area contributed by atoms with Gasteiger partial charge in [-0.25, -0.2) is 0 Å². The molecule has 0 amide bonds. The Morgan fingerprint density at radius 3 is 2.41 bits per heavy atom. The standard InChI is InChI=1S/C19H29Cl2N/c1-2-3-4-5-6-7-8-9-12-22-18-11-10-15-13-16(20)14-17(21)19(15)18/h13-14,18,22H,2-12H2,1H3/t18-/m1/s1. The highest BCUT2D eigenvalue weighted by molar-refractivity contribution is 6.35. The largest absolute Gasteiger partial charge is 0.310 e. The number of hydrogen-bond donors (Lipinski definition) is 1. The Bertz CT molecular complexity index is 459. The van der Waals surface area contributed by atoms with Crippen molar-refractivity contribution in [3.8, 4) is 0 Å². The summed E-state index contributed by atoms with van der Waals surface area (Å²) in [5.41, 5.74) is 2.61. The van der Waals surface area contributed by atoms with Crippen LogP contribution in [-0.2, 0) is 6.42 Å². The summed E-state index contributed by atoms with van der Waals surface area (Å²) < 4.78 is 0. The van der Waals surface area contributed by atoms with Gasteiger partial charge in [0.2, 0.25) is 0 Å². The van der Waals surface area contributed by atoms with Gasteiger partial charge in [-0.1, -0.05) is 75.1 Å². The highest BCUT2D eigenvalue weighted by atomic mass is 35.5. The van der Waals surface area contributed by atoms with Crippen LogP contribution in [0, 0.1) is 0 Å². The van der Waals surface area contributed by atoms with Crippen LogP contribution in [0.2, 0.25) is 10.0 Å². The number of nitrogens with one attached hydrogen (secondary N) is 1. The quantitative estimate of drug-likeness (QED) is 0.466. The van der Waals surface area contributed by atoms with E-state index in [9.17, 15) is 0 Å². The first-order valence-corrected chi connectivity index (χ1v) is 9.69. The molecule has 1 aliphatic rings. The van der Waals surface area contributed by atoms with Gasteiger partial charge >= 0.3 is 0 Å². The van der Waals surface area contributed by atoms with E-state index >= 15 is 0 Å². The Morgan fingerprint density at radius 2 is 1.68 bits per heavy atom. The Morgan fingerprint density at radius 1 is 1.00 bits per heavy atom. The molecule has 0 radical (unpaired) electrons. The van der Waals surface area contributed by atoms with Gasteiger partial charge in [-0.15, -0.1) is 0 Å². The van der Waals surface area contributed by atoms with Crippen molar-refractivity contribution in [3.63, 3.8) is 0 Å². The smallest absolute Gasteiger partial charge is 0.0471 e. The molecule has 1 nitrogen and oxygen atoms in total. The molecule has 0 aromatic heterocycles. The van der Waals surface area contributed by atoms with E-state index in [1.54, 1.807) is 0 Å². The van der Waals surface area contributed by atoms with E-state index in [1.807, 2.05) is 6.07 Å². The zero-order valence-corrected chi connectivity index (χ0v) is 15.3. The fraction of sp³-hybridized carbons (Fsp3) is 0.684. The monoisotopic (exact) mass is 341 g/mol. The Balaban J connectivity index is 1.62. The van der Waals surface area contributed by atoms with Crippen LogP contribution < -0.4 is 5.32 Å². The van der Waals surface area contributed by atoms with Gasteiger partial charge in [0, 0.05) is 16.1 Å². The molecule has 0 bridgehead atoms. The number of unbranched alkanes of at least 4 members (excludes halogenated alkanes) is 7. The van der Waals surface area contributed by atoms with E-state index in [1.165, 1.54) is 62.5 Å². The summed E-state index contributed by atoms with van der Waals surface area (Å²) in [6, 6.07) is 4.36. The van der Waals surface area contributed by atoms with E-state index < -0.39 is 0 Å². The van der Waals surface area contributed by atoms with Crippen LogP contribution in [0.1, 0.15) is 81.9 Å². The molecule has 1 aromatic rings. The molecule has 22 heavy (non-hydrogen) atoms. The lowest BCUT2D eigenvalue weighted by atomic mass is 10.1. The third kappa shape index (κ3) is 5.44. The molecular formula is C19H29Cl2N. The molecule has 124 valence electrons. The van der Waals surface area contributed by atoms with Gasteiger partial charge in [0.15, 0.2) is 0 Å². The number of aryl methyl sites for hydroxylation is 1. The fourth-order valence-corrected chi connectivity index (χ4v) is 4.09. The van der Waals surface area contributed by atoms with Crippen molar-refractivity contribution in [2.75, 3.05) is 6.54 Å². The van der Waals surface area contributed by atoms with Crippen molar-refractivity contribution in [2.45, 2.75) is 77.2 Å². The van der Waals surface area contributed by atoms with Crippen LogP contribution in [0.15, 0.2) is 12.1 Å². The summed E-state index contributed by atoms with van der Waals surface area (Å²) >= 11 is 12.4. The first-order valence-electron chi connectivity index (χ1n) is 8.93. The summed E-state index contributed by atoms with van der Waals surface area (Å²) in [4.78, 5) is 0. The molecule has 1 aromatic carbocycles. The molecular weight excluding hydrogens is 313 g/mol. The number of rotatable bonds is 10. The fourth-order valence-electron chi connectivity index (χ4n) is 3.42. The maximum Gasteiger partial charge on any atom is 0.0471 e. The highest BCUT2D eigenvalue weighted by Crippen LogP contribution is 2.38. The van der Waals surface area contributed by atoms with Crippen LogP contribution in [-0.4, -0.2) is 6.54 Å². The molecule has 0 saturated carbocycles. The van der Waals surface area contributed by atoms with Crippen molar-refractivity contribution in [1.29, 1.82) is 0 Å². The molecule has 3 heteroatoms. The number of hydrogen-bond acceptors (Lipinski definition) is 1. The van der Waals surface area contributed by atoms with Crippen LogP contribution in [0.25, 0.3) is 0 Å². The van der Waals surface area contributed by atoms with Crippen molar-refractivity contribution in [1.82, 2.24) is 5.32 Å². The zero-order chi connectivity index (χ0) is 15.8. The second-order valence-corrected chi connectivity index (χ2v) is 7.32. The molecule has 1 aliphatic carbocycles. The van der Waals surface area contributed by atoms with Gasteiger partial charge in [-0.2, -0.15) is 0 Å². The number of halogens is 2. The van der Waals surface area contributed by atoms with E-state index in [0.29, 0.717) is 6.04 Å². The molecule has 0 fully saturated rings. The topological polar surface area (TPSA) is 12.0 Å². The summed E-state index contributed by atoms with van der Waals surface area (Å²) in [7, 11) is 0. The third-order valence-electron chi connectivity index (χ3n) is 4.65. The van der Waals surface area contributed by atoms with Gasteiger partial charge in [0.25, 0.3) is 0 Å². The minimum Gasteiger partial charge on any atom is -0.310 e.